The molecule has 2 heterocycles. The summed E-state index contributed by atoms with van der Waals surface area (Å²) in [7, 11) is 1.72. The third-order valence-electron chi connectivity index (χ3n) is 5.02. The molecule has 0 radical (unpaired) electrons. The Kier molecular flexibility index (Phi) is 6.03. The number of anilines is 1. The summed E-state index contributed by atoms with van der Waals surface area (Å²) in [6.07, 6.45) is 1.78. The number of amides is 2. The Balaban J connectivity index is 1.38. The van der Waals surface area contributed by atoms with E-state index in [4.69, 9.17) is 4.74 Å². The van der Waals surface area contributed by atoms with Gasteiger partial charge in [0, 0.05) is 23.4 Å². The lowest BCUT2D eigenvalue weighted by molar-refractivity contribution is -0.122. The number of carbonyl (C=O) groups excluding carboxylic acids is 2. The van der Waals surface area contributed by atoms with Gasteiger partial charge in [-0.05, 0) is 52.4 Å². The van der Waals surface area contributed by atoms with Crippen molar-refractivity contribution in [2.75, 3.05) is 25.1 Å². The number of hydrogen-bond acceptors (Lipinski definition) is 4. The Morgan fingerprint density at radius 1 is 1.20 bits per heavy atom. The zero-order chi connectivity index (χ0) is 21.1. The van der Waals surface area contributed by atoms with Crippen LogP contribution in [-0.4, -0.2) is 41.8 Å². The van der Waals surface area contributed by atoms with Crippen LogP contribution in [0.2, 0.25) is 0 Å². The Labute approximate surface area is 188 Å². The second-order valence-corrected chi connectivity index (χ2v) is 8.24. The monoisotopic (exact) mass is 516 g/mol. The first kappa shape index (κ1) is 20.4. The number of nitrogens with zero attached hydrogens (tertiary/aromatic N) is 3. The van der Waals surface area contributed by atoms with Crippen LogP contribution < -0.4 is 15.0 Å². The van der Waals surface area contributed by atoms with Crippen LogP contribution >= 0.6 is 22.6 Å². The summed E-state index contributed by atoms with van der Waals surface area (Å²) >= 11 is 2.28. The molecule has 8 heteroatoms. The van der Waals surface area contributed by atoms with Gasteiger partial charge >= 0.3 is 0 Å². The van der Waals surface area contributed by atoms with E-state index >= 15 is 0 Å². The first-order valence-electron chi connectivity index (χ1n) is 9.57. The van der Waals surface area contributed by atoms with Crippen LogP contribution in [0.3, 0.4) is 0 Å². The average molecular weight is 516 g/mol. The zero-order valence-electron chi connectivity index (χ0n) is 16.4. The average Bonchev–Trinajstić information content (AvgIpc) is 3.19. The molecular weight excluding hydrogens is 495 g/mol. The van der Waals surface area contributed by atoms with Gasteiger partial charge in [0.15, 0.2) is 0 Å². The molecule has 1 aromatic heterocycles. The van der Waals surface area contributed by atoms with Crippen molar-refractivity contribution >= 4 is 40.1 Å². The molecule has 0 aliphatic carbocycles. The quantitative estimate of drug-likeness (QED) is 0.530. The maximum Gasteiger partial charge on any atom is 0.271 e. The number of hydrogen-bond donors (Lipinski definition) is 1. The van der Waals surface area contributed by atoms with Gasteiger partial charge in [0.25, 0.3) is 5.91 Å². The molecule has 0 unspecified atom stereocenters. The Morgan fingerprint density at radius 3 is 2.80 bits per heavy atom. The lowest BCUT2D eigenvalue weighted by atomic mass is 10.1. The highest BCUT2D eigenvalue weighted by Gasteiger charge is 2.29. The van der Waals surface area contributed by atoms with E-state index in [0.717, 1.165) is 14.8 Å². The Bertz CT molecular complexity index is 1080. The smallest absolute Gasteiger partial charge is 0.271 e. The molecule has 1 atom stereocenters. The van der Waals surface area contributed by atoms with Gasteiger partial charge in [-0.2, -0.15) is 5.10 Å². The van der Waals surface area contributed by atoms with E-state index in [-0.39, 0.29) is 25.0 Å². The minimum atomic E-state index is -0.473. The first-order valence-corrected chi connectivity index (χ1v) is 10.7. The van der Waals surface area contributed by atoms with Gasteiger partial charge < -0.3 is 15.0 Å². The molecule has 1 N–H and O–H groups in total. The summed E-state index contributed by atoms with van der Waals surface area (Å²) < 4.78 is 8.67. The van der Waals surface area contributed by atoms with E-state index in [2.05, 4.69) is 33.0 Å². The van der Waals surface area contributed by atoms with Crippen LogP contribution in [0.25, 0.3) is 0 Å². The number of aromatic nitrogens is 2. The van der Waals surface area contributed by atoms with Crippen molar-refractivity contribution < 1.29 is 14.3 Å². The maximum atomic E-state index is 12.8. The number of para-hydroxylation sites is 2. The highest BCUT2D eigenvalue weighted by Crippen LogP contribution is 2.31. The first-order chi connectivity index (χ1) is 14.5. The minimum absolute atomic E-state index is 0.0931. The Hall–Kier alpha value is -2.88. The summed E-state index contributed by atoms with van der Waals surface area (Å²) in [6.45, 7) is 0.977. The van der Waals surface area contributed by atoms with Crippen molar-refractivity contribution in [1.29, 1.82) is 0 Å². The van der Waals surface area contributed by atoms with Crippen molar-refractivity contribution in [2.24, 2.45) is 5.92 Å². The molecule has 154 valence electrons. The van der Waals surface area contributed by atoms with Gasteiger partial charge in [-0.25, -0.2) is 0 Å². The molecule has 2 amide bonds. The van der Waals surface area contributed by atoms with Gasteiger partial charge in [-0.15, -0.1) is 0 Å². The highest BCUT2D eigenvalue weighted by atomic mass is 127. The largest absolute Gasteiger partial charge is 0.490 e. The van der Waals surface area contributed by atoms with Crippen LogP contribution in [-0.2, 0) is 11.3 Å². The molecule has 30 heavy (non-hydrogen) atoms. The van der Waals surface area contributed by atoms with E-state index in [1.54, 1.807) is 28.9 Å². The molecule has 3 aromatic rings. The van der Waals surface area contributed by atoms with Crippen LogP contribution in [0.5, 0.6) is 5.75 Å². The molecule has 0 saturated carbocycles. The minimum Gasteiger partial charge on any atom is -0.490 e. The lowest BCUT2D eigenvalue weighted by Gasteiger charge is -2.19. The number of rotatable bonds is 5. The fraction of sp³-hybridized carbons (Fsp3) is 0.227. The van der Waals surface area contributed by atoms with Crippen molar-refractivity contribution in [3.8, 4) is 5.75 Å². The van der Waals surface area contributed by atoms with Crippen molar-refractivity contribution in [3.63, 3.8) is 0 Å². The summed E-state index contributed by atoms with van der Waals surface area (Å²) in [6, 6.07) is 17.1. The molecule has 0 saturated heterocycles. The van der Waals surface area contributed by atoms with Crippen LogP contribution in [0.15, 0.2) is 60.8 Å². The van der Waals surface area contributed by atoms with Crippen molar-refractivity contribution in [2.45, 2.75) is 6.54 Å². The fourth-order valence-corrected chi connectivity index (χ4v) is 3.89. The maximum absolute atomic E-state index is 12.8. The van der Waals surface area contributed by atoms with Gasteiger partial charge in [0.1, 0.15) is 18.1 Å². The van der Waals surface area contributed by atoms with E-state index < -0.39 is 5.92 Å². The predicted octanol–water partition coefficient (Wildman–Crippen LogP) is 2.94. The van der Waals surface area contributed by atoms with Gasteiger partial charge in [-0.3, -0.25) is 14.3 Å². The van der Waals surface area contributed by atoms with Gasteiger partial charge in [-0.1, -0.05) is 30.3 Å². The third-order valence-corrected chi connectivity index (χ3v) is 6.07. The van der Waals surface area contributed by atoms with Crippen LogP contribution in [0, 0.1) is 9.49 Å². The van der Waals surface area contributed by atoms with Gasteiger partial charge in [0.2, 0.25) is 5.91 Å². The predicted molar refractivity (Wildman–Crippen MR) is 122 cm³/mol. The Morgan fingerprint density at radius 2 is 1.97 bits per heavy atom. The molecule has 0 bridgehead atoms. The number of halogens is 1. The van der Waals surface area contributed by atoms with Crippen LogP contribution in [0.1, 0.15) is 16.1 Å². The third kappa shape index (κ3) is 4.33. The molecule has 2 aromatic carbocycles. The normalized spacial score (nSPS) is 15.9. The second kappa shape index (κ2) is 8.86. The molecule has 0 fully saturated rings. The number of nitrogens with one attached hydrogen (secondary N) is 1. The van der Waals surface area contributed by atoms with E-state index in [9.17, 15) is 9.59 Å². The standard InChI is InChI=1S/C22H21IN4O3/c1-26-19-8-4-5-9-20(19)30-14-16(22(26)29)12-24-21(28)18-10-11-27(25-18)13-15-6-2-3-7-17(15)23/h2-11,16H,12-14H2,1H3,(H,24,28)/t16-/m0/s1. The molecule has 1 aliphatic heterocycles. The van der Waals surface area contributed by atoms with E-state index in [1.165, 1.54) is 0 Å². The molecular formula is C22H21IN4O3. The lowest BCUT2D eigenvalue weighted by Crippen LogP contribution is -2.41. The number of fused-ring (bicyclic) bond motifs is 1. The molecule has 7 nitrogen and oxygen atoms in total. The molecule has 1 aliphatic rings. The number of benzene rings is 2. The van der Waals surface area contributed by atoms with Gasteiger partial charge in [0.05, 0.1) is 18.2 Å². The SMILES string of the molecule is CN1C(=O)[C@@H](CNC(=O)c2ccn(Cc3ccccc3I)n2)COc2ccccc21. The second-order valence-electron chi connectivity index (χ2n) is 7.07. The van der Waals surface area contributed by atoms with Crippen LogP contribution in [0.4, 0.5) is 5.69 Å². The van der Waals surface area contributed by atoms with Crippen molar-refractivity contribution in [3.05, 3.63) is 75.6 Å². The summed E-state index contributed by atoms with van der Waals surface area (Å²) in [5.41, 5.74) is 2.18. The topological polar surface area (TPSA) is 76.5 Å². The number of carbonyl (C=O) groups is 2. The van der Waals surface area contributed by atoms with Crippen molar-refractivity contribution in [1.82, 2.24) is 15.1 Å². The molecule has 0 spiro atoms. The summed E-state index contributed by atoms with van der Waals surface area (Å²) in [5, 5.41) is 7.19. The number of ether oxygens (including phenoxy) is 1. The fourth-order valence-electron chi connectivity index (χ4n) is 3.34. The molecule has 4 rings (SSSR count). The zero-order valence-corrected chi connectivity index (χ0v) is 18.6. The summed E-state index contributed by atoms with van der Waals surface area (Å²) in [5.74, 6) is -0.214. The highest BCUT2D eigenvalue weighted by molar-refractivity contribution is 14.1. The van der Waals surface area contributed by atoms with E-state index in [1.807, 2.05) is 48.5 Å². The summed E-state index contributed by atoms with van der Waals surface area (Å²) in [4.78, 5) is 26.9. The van der Waals surface area contributed by atoms with E-state index in [0.29, 0.717) is 18.0 Å².